The Hall–Kier alpha value is -0.340. The monoisotopic (exact) mass is 86.1 g/mol. The fourth-order valence-electron chi connectivity index (χ4n) is 0.192. The standard InChI is InChI=1S/C4H10N2/c1-2-3-4(5)6/h2,4H,1,3,5-6H2. The van der Waals surface area contributed by atoms with Gasteiger partial charge in [-0.15, -0.1) is 6.58 Å². The molecule has 36 valence electrons. The van der Waals surface area contributed by atoms with Gasteiger partial charge < -0.3 is 11.5 Å². The van der Waals surface area contributed by atoms with Gasteiger partial charge in [-0.25, -0.2) is 0 Å². The molecule has 0 spiro atoms. The average molecular weight is 86.1 g/mol. The van der Waals surface area contributed by atoms with E-state index in [9.17, 15) is 0 Å². The third-order valence-electron chi connectivity index (χ3n) is 0.439. The molecule has 4 N–H and O–H groups in total. The molecule has 0 bridgehead atoms. The summed E-state index contributed by atoms with van der Waals surface area (Å²) in [6.07, 6.45) is 2.17. The van der Waals surface area contributed by atoms with Crippen LogP contribution in [0.2, 0.25) is 0 Å². The minimum absolute atomic E-state index is 0.220. The van der Waals surface area contributed by atoms with Crippen LogP contribution in [0.4, 0.5) is 0 Å². The van der Waals surface area contributed by atoms with E-state index in [4.69, 9.17) is 11.5 Å². The first kappa shape index (κ1) is 5.66. The maximum absolute atomic E-state index is 5.11. The van der Waals surface area contributed by atoms with Crippen molar-refractivity contribution in [2.45, 2.75) is 12.6 Å². The topological polar surface area (TPSA) is 52.0 Å². The van der Waals surface area contributed by atoms with Crippen LogP contribution < -0.4 is 11.5 Å². The first-order valence-corrected chi connectivity index (χ1v) is 1.89. The van der Waals surface area contributed by atoms with Gasteiger partial charge in [0.05, 0.1) is 6.17 Å². The lowest BCUT2D eigenvalue weighted by molar-refractivity contribution is 0.721. The van der Waals surface area contributed by atoms with E-state index >= 15 is 0 Å². The molecule has 0 aromatic heterocycles. The molecule has 0 fully saturated rings. The number of nitrogens with two attached hydrogens (primary N) is 2. The average Bonchev–Trinajstić information content (AvgIpc) is 1.35. The van der Waals surface area contributed by atoms with Crippen LogP contribution in [0.3, 0.4) is 0 Å². The summed E-state index contributed by atoms with van der Waals surface area (Å²) in [5.74, 6) is 0. The first-order valence-electron chi connectivity index (χ1n) is 1.89. The van der Waals surface area contributed by atoms with Gasteiger partial charge >= 0.3 is 0 Å². The van der Waals surface area contributed by atoms with Crippen molar-refractivity contribution >= 4 is 0 Å². The Labute approximate surface area is 37.8 Å². The normalized spacial score (nSPS) is 9.17. The highest BCUT2D eigenvalue weighted by Gasteiger charge is 1.82. The van der Waals surface area contributed by atoms with E-state index in [2.05, 4.69) is 6.58 Å². The molecular weight excluding hydrogens is 76.1 g/mol. The summed E-state index contributed by atoms with van der Waals surface area (Å²) >= 11 is 0. The molecule has 0 rings (SSSR count). The van der Waals surface area contributed by atoms with Crippen molar-refractivity contribution in [1.29, 1.82) is 0 Å². The summed E-state index contributed by atoms with van der Waals surface area (Å²) in [5, 5.41) is 0. The lowest BCUT2D eigenvalue weighted by Gasteiger charge is -1.94. The Kier molecular flexibility index (Phi) is 2.71. The van der Waals surface area contributed by atoms with Crippen LogP contribution in [-0.2, 0) is 0 Å². The summed E-state index contributed by atoms with van der Waals surface area (Å²) in [6.45, 7) is 3.44. The second kappa shape index (κ2) is 2.87. The van der Waals surface area contributed by atoms with Gasteiger partial charge in [-0.2, -0.15) is 0 Å². The van der Waals surface area contributed by atoms with Crippen molar-refractivity contribution in [3.63, 3.8) is 0 Å². The zero-order valence-electron chi connectivity index (χ0n) is 3.72. The molecular formula is C4H10N2. The third-order valence-corrected chi connectivity index (χ3v) is 0.439. The van der Waals surface area contributed by atoms with Crippen molar-refractivity contribution in [3.05, 3.63) is 12.7 Å². The van der Waals surface area contributed by atoms with Gasteiger partial charge in [0.2, 0.25) is 0 Å². The van der Waals surface area contributed by atoms with E-state index < -0.39 is 0 Å². The molecule has 0 amide bonds. The lowest BCUT2D eigenvalue weighted by atomic mass is 10.4. The largest absolute Gasteiger partial charge is 0.316 e. The highest BCUT2D eigenvalue weighted by molar-refractivity contribution is 4.70. The molecule has 0 saturated heterocycles. The second-order valence-electron chi connectivity index (χ2n) is 1.19. The van der Waals surface area contributed by atoms with Crippen LogP contribution in [0.25, 0.3) is 0 Å². The molecule has 0 aliphatic heterocycles. The molecule has 0 aromatic rings. The van der Waals surface area contributed by atoms with Crippen LogP contribution in [0.1, 0.15) is 6.42 Å². The first-order chi connectivity index (χ1) is 2.77. The van der Waals surface area contributed by atoms with Crippen molar-refractivity contribution in [2.75, 3.05) is 0 Å². The Balaban J connectivity index is 2.81. The van der Waals surface area contributed by atoms with Crippen molar-refractivity contribution in [3.8, 4) is 0 Å². The molecule has 6 heavy (non-hydrogen) atoms. The highest BCUT2D eigenvalue weighted by Crippen LogP contribution is 1.75. The molecule has 0 aromatic carbocycles. The minimum atomic E-state index is -0.220. The van der Waals surface area contributed by atoms with Crippen molar-refractivity contribution in [2.24, 2.45) is 11.5 Å². The van der Waals surface area contributed by atoms with E-state index in [1.807, 2.05) is 0 Å². The van der Waals surface area contributed by atoms with Crippen molar-refractivity contribution < 1.29 is 0 Å². The van der Waals surface area contributed by atoms with Gasteiger partial charge in [0, 0.05) is 0 Å². The zero-order chi connectivity index (χ0) is 4.99. The van der Waals surface area contributed by atoms with Crippen LogP contribution >= 0.6 is 0 Å². The number of rotatable bonds is 2. The number of hydrogen-bond acceptors (Lipinski definition) is 2. The zero-order valence-corrected chi connectivity index (χ0v) is 3.72. The molecule has 0 atom stereocenters. The van der Waals surface area contributed by atoms with Gasteiger partial charge in [0.15, 0.2) is 0 Å². The van der Waals surface area contributed by atoms with Gasteiger partial charge in [0.1, 0.15) is 0 Å². The van der Waals surface area contributed by atoms with Gasteiger partial charge in [0.25, 0.3) is 0 Å². The Morgan fingerprint density at radius 1 is 1.67 bits per heavy atom. The summed E-state index contributed by atoms with van der Waals surface area (Å²) in [4.78, 5) is 0. The van der Waals surface area contributed by atoms with Gasteiger partial charge in [-0.1, -0.05) is 6.08 Å². The van der Waals surface area contributed by atoms with Gasteiger partial charge in [-0.3, -0.25) is 0 Å². The molecule has 0 unspecified atom stereocenters. The van der Waals surface area contributed by atoms with E-state index in [0.29, 0.717) is 6.42 Å². The minimum Gasteiger partial charge on any atom is -0.316 e. The quantitative estimate of drug-likeness (QED) is 0.361. The SMILES string of the molecule is C=CCC(N)N. The molecule has 2 heteroatoms. The van der Waals surface area contributed by atoms with Crippen molar-refractivity contribution in [1.82, 2.24) is 0 Å². The van der Waals surface area contributed by atoms with Crippen LogP contribution in [0.15, 0.2) is 12.7 Å². The van der Waals surface area contributed by atoms with E-state index in [1.165, 1.54) is 0 Å². The summed E-state index contributed by atoms with van der Waals surface area (Å²) in [6, 6.07) is 0. The smallest absolute Gasteiger partial charge is 0.0556 e. The summed E-state index contributed by atoms with van der Waals surface area (Å²) < 4.78 is 0. The molecule has 2 nitrogen and oxygen atoms in total. The van der Waals surface area contributed by atoms with Crippen LogP contribution in [0.5, 0.6) is 0 Å². The Morgan fingerprint density at radius 3 is 2.17 bits per heavy atom. The van der Waals surface area contributed by atoms with E-state index in [1.54, 1.807) is 6.08 Å². The summed E-state index contributed by atoms with van der Waals surface area (Å²) in [7, 11) is 0. The fourth-order valence-corrected chi connectivity index (χ4v) is 0.192. The maximum atomic E-state index is 5.11. The molecule has 0 radical (unpaired) electrons. The number of hydrogen-bond donors (Lipinski definition) is 2. The predicted molar refractivity (Wildman–Crippen MR) is 27.0 cm³/mol. The predicted octanol–water partition coefficient (Wildman–Crippen LogP) is -0.194. The summed E-state index contributed by atoms with van der Waals surface area (Å²) in [5.41, 5.74) is 10.2. The molecule has 0 aliphatic rings. The second-order valence-corrected chi connectivity index (χ2v) is 1.19. The highest BCUT2D eigenvalue weighted by atomic mass is 14.8. The van der Waals surface area contributed by atoms with Gasteiger partial charge in [-0.05, 0) is 6.42 Å². The molecule has 0 saturated carbocycles. The fraction of sp³-hybridized carbons (Fsp3) is 0.500. The van der Waals surface area contributed by atoms with Crippen LogP contribution in [0, 0.1) is 0 Å². The Bertz CT molecular complexity index is 40.8. The molecule has 0 heterocycles. The molecule has 0 aliphatic carbocycles. The van der Waals surface area contributed by atoms with E-state index in [0.717, 1.165) is 0 Å². The lowest BCUT2D eigenvalue weighted by Crippen LogP contribution is -2.29. The maximum Gasteiger partial charge on any atom is 0.0556 e. The Morgan fingerprint density at radius 2 is 2.17 bits per heavy atom. The van der Waals surface area contributed by atoms with E-state index in [-0.39, 0.29) is 6.17 Å². The third kappa shape index (κ3) is 3.66. The van der Waals surface area contributed by atoms with Crippen LogP contribution in [-0.4, -0.2) is 6.17 Å².